The molecular formula is C45H86O8Si. The van der Waals surface area contributed by atoms with Gasteiger partial charge >= 0.3 is 20.5 Å². The Bertz CT molecular complexity index is 943. The average molecular weight is 783 g/mol. The fourth-order valence-electron chi connectivity index (χ4n) is 8.42. The summed E-state index contributed by atoms with van der Waals surface area (Å²) >= 11 is 0. The Balaban J connectivity index is 2.33. The number of esters is 2. The molecule has 9 heteroatoms. The van der Waals surface area contributed by atoms with Crippen LogP contribution in [0.2, 0.25) is 12.1 Å². The summed E-state index contributed by atoms with van der Waals surface area (Å²) in [5.41, 5.74) is 0. The second-order valence-corrected chi connectivity index (χ2v) is 20.8. The van der Waals surface area contributed by atoms with Crippen LogP contribution < -0.4 is 0 Å². The Morgan fingerprint density at radius 3 is 1.04 bits per heavy atom. The third-order valence-electron chi connectivity index (χ3n) is 13.1. The number of hydrogen-bond donors (Lipinski definition) is 0. The zero-order valence-corrected chi connectivity index (χ0v) is 37.8. The lowest BCUT2D eigenvalue weighted by Gasteiger charge is -2.49. The van der Waals surface area contributed by atoms with Gasteiger partial charge in [0.25, 0.3) is 0 Å². The highest BCUT2D eigenvalue weighted by atomic mass is 28.4. The molecule has 0 bridgehead atoms. The van der Waals surface area contributed by atoms with Gasteiger partial charge in [-0.05, 0) is 35.8 Å². The summed E-state index contributed by atoms with van der Waals surface area (Å²) < 4.78 is 39.4. The molecule has 2 saturated heterocycles. The molecule has 0 radical (unpaired) electrons. The van der Waals surface area contributed by atoms with Crippen molar-refractivity contribution in [1.29, 1.82) is 0 Å². The predicted octanol–water partition coefficient (Wildman–Crippen LogP) is 12.3. The molecule has 0 aromatic carbocycles. The molecule has 0 aromatic rings. The van der Waals surface area contributed by atoms with Gasteiger partial charge in [-0.3, -0.25) is 9.59 Å². The van der Waals surface area contributed by atoms with Crippen LogP contribution >= 0.6 is 0 Å². The molecule has 2 heterocycles. The maximum Gasteiger partial charge on any atom is 0.341 e. The van der Waals surface area contributed by atoms with Crippen LogP contribution in [-0.4, -0.2) is 58.5 Å². The van der Waals surface area contributed by atoms with Crippen LogP contribution in [-0.2, 0) is 37.4 Å². The van der Waals surface area contributed by atoms with Gasteiger partial charge in [0, 0.05) is 25.7 Å². The van der Waals surface area contributed by atoms with E-state index in [-0.39, 0.29) is 61.0 Å². The number of carbonyl (C=O) groups excluding carboxylic acids is 2. The molecule has 2 rings (SSSR count). The third kappa shape index (κ3) is 18.1. The van der Waals surface area contributed by atoms with Crippen molar-refractivity contribution in [3.8, 4) is 0 Å². The third-order valence-corrected chi connectivity index (χ3v) is 16.7. The second kappa shape index (κ2) is 27.6. The Labute approximate surface area is 333 Å². The minimum atomic E-state index is -2.95. The Hall–Kier alpha value is -1.00. The van der Waals surface area contributed by atoms with Gasteiger partial charge in [-0.2, -0.15) is 0 Å². The largest absolute Gasteiger partial charge is 0.463 e. The van der Waals surface area contributed by atoms with E-state index in [2.05, 4.69) is 55.4 Å². The Morgan fingerprint density at radius 1 is 0.444 bits per heavy atom. The van der Waals surface area contributed by atoms with Gasteiger partial charge in [-0.15, -0.1) is 0 Å². The molecule has 318 valence electrons. The van der Waals surface area contributed by atoms with Crippen molar-refractivity contribution in [3.05, 3.63) is 0 Å². The molecule has 10 unspecified atom stereocenters. The summed E-state index contributed by atoms with van der Waals surface area (Å²) in [6.07, 6.45) is 22.8. The molecule has 0 amide bonds. The molecule has 0 aromatic heterocycles. The van der Waals surface area contributed by atoms with E-state index in [1.165, 1.54) is 123 Å². The van der Waals surface area contributed by atoms with Crippen molar-refractivity contribution in [3.63, 3.8) is 0 Å². The molecule has 2 aliphatic rings. The maximum absolute atomic E-state index is 11.8. The Kier molecular flexibility index (Phi) is 25.1. The lowest BCUT2D eigenvalue weighted by Crippen LogP contribution is -2.57. The van der Waals surface area contributed by atoms with E-state index in [0.29, 0.717) is 11.8 Å². The molecule has 0 saturated carbocycles. The number of ether oxygens (including phenoxy) is 4. The van der Waals surface area contributed by atoms with Gasteiger partial charge in [-0.1, -0.05) is 177 Å². The normalized spacial score (nSPS) is 29.8. The summed E-state index contributed by atoms with van der Waals surface area (Å²) in [6.45, 7) is 21.4. The van der Waals surface area contributed by atoms with Gasteiger partial charge < -0.3 is 27.8 Å². The number of unbranched alkanes of at least 4 members (excludes halogenated alkanes) is 17. The zero-order valence-electron chi connectivity index (χ0n) is 36.8. The van der Waals surface area contributed by atoms with E-state index >= 15 is 0 Å². The molecule has 2 fully saturated rings. The average Bonchev–Trinajstić information content (AvgIpc) is 3.14. The van der Waals surface area contributed by atoms with Crippen LogP contribution in [0.4, 0.5) is 0 Å². The first-order valence-electron chi connectivity index (χ1n) is 22.8. The van der Waals surface area contributed by atoms with Crippen LogP contribution in [0.3, 0.4) is 0 Å². The molecule has 2 aliphatic heterocycles. The summed E-state index contributed by atoms with van der Waals surface area (Å²) in [6, 6.07) is 1.80. The van der Waals surface area contributed by atoms with E-state index < -0.39 is 21.1 Å². The first-order chi connectivity index (χ1) is 25.9. The van der Waals surface area contributed by atoms with Gasteiger partial charge in [-0.25, -0.2) is 0 Å². The van der Waals surface area contributed by atoms with Crippen LogP contribution in [0.25, 0.3) is 0 Å². The van der Waals surface area contributed by atoms with Crippen LogP contribution in [0, 0.1) is 35.5 Å². The monoisotopic (exact) mass is 783 g/mol. The minimum Gasteiger partial charge on any atom is -0.463 e. The molecule has 0 aliphatic carbocycles. The highest BCUT2D eigenvalue weighted by molar-refractivity contribution is 6.67. The van der Waals surface area contributed by atoms with E-state index in [1.54, 1.807) is 0 Å². The van der Waals surface area contributed by atoms with E-state index in [1.807, 2.05) is 0 Å². The first-order valence-corrected chi connectivity index (χ1v) is 25.0. The van der Waals surface area contributed by atoms with Gasteiger partial charge in [0.1, 0.15) is 13.2 Å². The summed E-state index contributed by atoms with van der Waals surface area (Å²) in [5.74, 6) is 0.814. The molecular weight excluding hydrogens is 697 g/mol. The van der Waals surface area contributed by atoms with Crippen LogP contribution in [0.1, 0.15) is 191 Å². The summed E-state index contributed by atoms with van der Waals surface area (Å²) in [4.78, 5) is 23.7. The molecule has 0 spiro atoms. The van der Waals surface area contributed by atoms with Crippen LogP contribution in [0.5, 0.6) is 0 Å². The van der Waals surface area contributed by atoms with Crippen molar-refractivity contribution in [2.75, 3.05) is 13.2 Å². The zero-order chi connectivity index (χ0) is 39.9. The van der Waals surface area contributed by atoms with Crippen molar-refractivity contribution >= 4 is 20.5 Å². The predicted molar refractivity (Wildman–Crippen MR) is 222 cm³/mol. The van der Waals surface area contributed by atoms with Crippen LogP contribution in [0.15, 0.2) is 0 Å². The number of hydrogen-bond acceptors (Lipinski definition) is 8. The number of carbonyl (C=O) groups is 2. The second-order valence-electron chi connectivity index (χ2n) is 17.5. The van der Waals surface area contributed by atoms with Gasteiger partial charge in [0.05, 0.1) is 12.2 Å². The minimum absolute atomic E-state index is 0.153. The van der Waals surface area contributed by atoms with Crippen molar-refractivity contribution in [1.82, 2.24) is 0 Å². The topological polar surface area (TPSA) is 89.5 Å². The highest BCUT2D eigenvalue weighted by Crippen LogP contribution is 2.42. The first kappa shape index (κ1) is 49.1. The van der Waals surface area contributed by atoms with E-state index in [4.69, 9.17) is 27.8 Å². The smallest absolute Gasteiger partial charge is 0.341 e. The molecule has 8 nitrogen and oxygen atoms in total. The van der Waals surface area contributed by atoms with Crippen molar-refractivity contribution in [2.24, 2.45) is 35.5 Å². The molecule has 54 heavy (non-hydrogen) atoms. The lowest BCUT2D eigenvalue weighted by molar-refractivity contribution is -0.254. The molecule has 10 atom stereocenters. The fraction of sp³-hybridized carbons (Fsp3) is 0.956. The standard InChI is InChI=1S/C45H86O8Si/c1-11-13-15-17-19-21-23-25-27-29-31-54(30-28-26-24-22-20-18-16-14-12-2,52-44-38(7)34(3)36(5)42(50-44)32-48-40(9)46)53-45-39(8)35(4)37(6)43(51-45)33-49-41(10)47/h34-39,42-45H,11-33H2,1-10H3. The SMILES string of the molecule is CCCCCCCCCCCC[Si](CCCCCCCCCCC)(OC1OC(COC(C)=O)C(C)C(C)C1C)OC1OC(COC(C)=O)C(C)C(C)C1C. The summed E-state index contributed by atoms with van der Waals surface area (Å²) in [5, 5.41) is 0. The quantitative estimate of drug-likeness (QED) is 0.0421. The van der Waals surface area contributed by atoms with Crippen molar-refractivity contribution in [2.45, 2.75) is 228 Å². The maximum atomic E-state index is 11.8. The van der Waals surface area contributed by atoms with Crippen molar-refractivity contribution < 1.29 is 37.4 Å². The highest BCUT2D eigenvalue weighted by Gasteiger charge is 2.50. The fourth-order valence-corrected chi connectivity index (χ4v) is 12.2. The van der Waals surface area contributed by atoms with Gasteiger partial charge in [0.15, 0.2) is 12.6 Å². The summed E-state index contributed by atoms with van der Waals surface area (Å²) in [7, 11) is -2.95. The van der Waals surface area contributed by atoms with Gasteiger partial charge in [0.2, 0.25) is 0 Å². The number of rotatable bonds is 29. The Morgan fingerprint density at radius 2 is 0.741 bits per heavy atom. The lowest BCUT2D eigenvalue weighted by atomic mass is 9.79. The molecule has 0 N–H and O–H groups in total. The van der Waals surface area contributed by atoms with E-state index in [9.17, 15) is 9.59 Å². The van der Waals surface area contributed by atoms with E-state index in [0.717, 1.165) is 24.9 Å².